The number of benzene rings is 2. The van der Waals surface area contributed by atoms with Crippen molar-refractivity contribution in [2.75, 3.05) is 17.1 Å². The largest absolute Gasteiger partial charge is 0.416 e. The number of carbonyl (C=O) groups is 2. The van der Waals surface area contributed by atoms with E-state index in [4.69, 9.17) is 11.6 Å². The van der Waals surface area contributed by atoms with Crippen molar-refractivity contribution in [3.63, 3.8) is 0 Å². The number of anilines is 1. The molecule has 0 fully saturated rings. The van der Waals surface area contributed by atoms with Crippen molar-refractivity contribution in [2.24, 2.45) is 0 Å². The molecule has 0 aromatic heterocycles. The van der Waals surface area contributed by atoms with E-state index >= 15 is 0 Å². The van der Waals surface area contributed by atoms with Crippen molar-refractivity contribution in [1.29, 1.82) is 0 Å². The van der Waals surface area contributed by atoms with Gasteiger partial charge in [0.05, 0.1) is 22.5 Å². The van der Waals surface area contributed by atoms with Gasteiger partial charge in [-0.3, -0.25) is 13.9 Å². The monoisotopic (exact) mass is 565 g/mol. The summed E-state index contributed by atoms with van der Waals surface area (Å²) in [5.74, 6) is -1.92. The maximum absolute atomic E-state index is 13.4. The molecule has 2 amide bonds. The van der Waals surface area contributed by atoms with Crippen molar-refractivity contribution >= 4 is 39.1 Å². The number of hydrogen-bond donors (Lipinski definition) is 1. The molecule has 0 aliphatic rings. The van der Waals surface area contributed by atoms with Gasteiger partial charge in [0.25, 0.3) is 0 Å². The quantitative estimate of drug-likeness (QED) is 0.427. The molecule has 0 radical (unpaired) electrons. The number of nitrogens with zero attached hydrogens (tertiary/aromatic N) is 2. The first-order valence-electron chi connectivity index (χ1n) is 11.2. The normalized spacial score (nSPS) is 13.5. The number of carbonyl (C=O) groups excluding carboxylic acids is 2. The van der Waals surface area contributed by atoms with Gasteiger partial charge in [-0.1, -0.05) is 30.7 Å². The molecule has 2 aromatic rings. The maximum Gasteiger partial charge on any atom is 0.416 e. The van der Waals surface area contributed by atoms with Crippen molar-refractivity contribution in [3.8, 4) is 0 Å². The lowest BCUT2D eigenvalue weighted by molar-refractivity contribution is -0.139. The molecule has 0 aliphatic carbocycles. The van der Waals surface area contributed by atoms with E-state index in [1.165, 1.54) is 19.1 Å². The van der Waals surface area contributed by atoms with Crippen LogP contribution in [-0.2, 0) is 32.3 Å². The maximum atomic E-state index is 13.4. The summed E-state index contributed by atoms with van der Waals surface area (Å²) in [6, 6.07) is 5.93. The first-order chi connectivity index (χ1) is 17.0. The lowest BCUT2D eigenvalue weighted by Crippen LogP contribution is -2.52. The fourth-order valence-electron chi connectivity index (χ4n) is 3.31. The van der Waals surface area contributed by atoms with Gasteiger partial charge in [0, 0.05) is 12.6 Å². The van der Waals surface area contributed by atoms with Crippen LogP contribution >= 0.6 is 11.6 Å². The van der Waals surface area contributed by atoms with Crippen LogP contribution in [0.4, 0.5) is 23.2 Å². The highest BCUT2D eigenvalue weighted by molar-refractivity contribution is 7.92. The van der Waals surface area contributed by atoms with E-state index in [0.717, 1.165) is 29.4 Å². The van der Waals surface area contributed by atoms with Gasteiger partial charge in [-0.05, 0) is 56.2 Å². The lowest BCUT2D eigenvalue weighted by Gasteiger charge is -2.32. The van der Waals surface area contributed by atoms with Gasteiger partial charge in [-0.2, -0.15) is 13.2 Å². The minimum Gasteiger partial charge on any atom is -0.352 e. The van der Waals surface area contributed by atoms with Crippen LogP contribution in [0, 0.1) is 5.82 Å². The van der Waals surface area contributed by atoms with E-state index in [2.05, 4.69) is 5.32 Å². The molecule has 0 heterocycles. The molecule has 0 unspecified atom stereocenters. The van der Waals surface area contributed by atoms with Gasteiger partial charge in [-0.25, -0.2) is 12.8 Å². The van der Waals surface area contributed by atoms with Crippen LogP contribution in [-0.4, -0.2) is 50.0 Å². The van der Waals surface area contributed by atoms with E-state index in [1.807, 2.05) is 6.92 Å². The number of sulfonamides is 1. The van der Waals surface area contributed by atoms with Crippen LogP contribution in [0.3, 0.4) is 0 Å². The Kier molecular flexibility index (Phi) is 9.95. The van der Waals surface area contributed by atoms with Gasteiger partial charge in [0.15, 0.2) is 0 Å². The third-order valence-corrected chi connectivity index (χ3v) is 7.10. The molecule has 0 saturated heterocycles. The molecule has 37 heavy (non-hydrogen) atoms. The van der Waals surface area contributed by atoms with Crippen LogP contribution in [0.25, 0.3) is 0 Å². The molecular weight excluding hydrogens is 538 g/mol. The molecule has 0 saturated carbocycles. The summed E-state index contributed by atoms with van der Waals surface area (Å²) in [5.41, 5.74) is -1.25. The Hall–Kier alpha value is -2.86. The SMILES string of the molecule is CC[C@@H](C)NC(=O)[C@@H](C)N(Cc1ccc(F)cc1)C(=O)CN(c1cc(C(F)(F)F)ccc1Cl)S(C)(=O)=O. The minimum atomic E-state index is -4.79. The van der Waals surface area contributed by atoms with E-state index in [9.17, 15) is 35.6 Å². The van der Waals surface area contributed by atoms with E-state index in [-0.39, 0.29) is 17.6 Å². The summed E-state index contributed by atoms with van der Waals surface area (Å²) >= 11 is 6.04. The van der Waals surface area contributed by atoms with Crippen LogP contribution in [0.5, 0.6) is 0 Å². The molecular formula is C24H28ClF4N3O4S. The molecule has 0 aliphatic heterocycles. The fourth-order valence-corrected chi connectivity index (χ4v) is 4.43. The second-order valence-electron chi connectivity index (χ2n) is 8.58. The zero-order valence-corrected chi connectivity index (χ0v) is 22.2. The van der Waals surface area contributed by atoms with Gasteiger partial charge in [0.2, 0.25) is 21.8 Å². The van der Waals surface area contributed by atoms with Crippen LogP contribution in [0.1, 0.15) is 38.3 Å². The zero-order chi connectivity index (χ0) is 28.1. The summed E-state index contributed by atoms with van der Waals surface area (Å²) in [6.07, 6.45) is -3.45. The first kappa shape index (κ1) is 30.4. The van der Waals surface area contributed by atoms with E-state index in [1.54, 1.807) is 6.92 Å². The van der Waals surface area contributed by atoms with Crippen LogP contribution in [0.15, 0.2) is 42.5 Å². The molecule has 2 rings (SSSR count). The van der Waals surface area contributed by atoms with Crippen molar-refractivity contribution < 1.29 is 35.6 Å². The summed E-state index contributed by atoms with van der Waals surface area (Å²) in [6.45, 7) is 3.92. The topological polar surface area (TPSA) is 86.8 Å². The van der Waals surface area contributed by atoms with Gasteiger partial charge >= 0.3 is 6.18 Å². The summed E-state index contributed by atoms with van der Waals surface area (Å²) < 4.78 is 78.9. The Morgan fingerprint density at radius 2 is 1.68 bits per heavy atom. The minimum absolute atomic E-state index is 0.192. The molecule has 7 nitrogen and oxygen atoms in total. The fraction of sp³-hybridized carbons (Fsp3) is 0.417. The Labute approximate surface area is 218 Å². The standard InChI is InChI=1S/C24H28ClF4N3O4S/c1-5-15(2)30-23(34)16(3)31(13-17-6-9-19(26)10-7-17)22(33)14-32(37(4,35)36)21-12-18(24(27,28)29)8-11-20(21)25/h6-12,15-16H,5,13-14H2,1-4H3,(H,30,34)/t15-,16-/m1/s1. The highest BCUT2D eigenvalue weighted by atomic mass is 35.5. The second-order valence-corrected chi connectivity index (χ2v) is 10.9. The summed E-state index contributed by atoms with van der Waals surface area (Å²) in [5, 5.41) is 2.42. The van der Waals surface area contributed by atoms with Gasteiger partial charge < -0.3 is 10.2 Å². The molecule has 1 N–H and O–H groups in total. The Balaban J connectivity index is 2.49. The predicted molar refractivity (Wildman–Crippen MR) is 133 cm³/mol. The molecule has 0 spiro atoms. The van der Waals surface area contributed by atoms with E-state index < -0.39 is 57.7 Å². The highest BCUT2D eigenvalue weighted by Gasteiger charge is 2.34. The average molecular weight is 566 g/mol. The zero-order valence-electron chi connectivity index (χ0n) is 20.6. The van der Waals surface area contributed by atoms with Crippen molar-refractivity contribution in [3.05, 3.63) is 64.4 Å². The van der Waals surface area contributed by atoms with Crippen molar-refractivity contribution in [1.82, 2.24) is 10.2 Å². The number of alkyl halides is 3. The Morgan fingerprint density at radius 1 is 1.08 bits per heavy atom. The number of amides is 2. The smallest absolute Gasteiger partial charge is 0.352 e. The predicted octanol–water partition coefficient (Wildman–Crippen LogP) is 4.60. The van der Waals surface area contributed by atoms with Gasteiger partial charge in [-0.15, -0.1) is 0 Å². The summed E-state index contributed by atoms with van der Waals surface area (Å²) in [4.78, 5) is 27.3. The summed E-state index contributed by atoms with van der Waals surface area (Å²) in [7, 11) is -4.29. The Bertz CT molecular complexity index is 1220. The molecule has 0 bridgehead atoms. The highest BCUT2D eigenvalue weighted by Crippen LogP contribution is 2.36. The number of hydrogen-bond acceptors (Lipinski definition) is 4. The molecule has 13 heteroatoms. The van der Waals surface area contributed by atoms with Crippen LogP contribution in [0.2, 0.25) is 5.02 Å². The number of halogens is 5. The Morgan fingerprint density at radius 3 is 2.19 bits per heavy atom. The average Bonchev–Trinajstić information content (AvgIpc) is 2.80. The van der Waals surface area contributed by atoms with Crippen molar-refractivity contribution in [2.45, 2.75) is 52.0 Å². The van der Waals surface area contributed by atoms with Crippen LogP contribution < -0.4 is 9.62 Å². The number of rotatable bonds is 10. The third-order valence-electron chi connectivity index (χ3n) is 5.66. The second kappa shape index (κ2) is 12.1. The first-order valence-corrected chi connectivity index (χ1v) is 13.5. The number of nitrogens with one attached hydrogen (secondary N) is 1. The van der Waals surface area contributed by atoms with Gasteiger partial charge in [0.1, 0.15) is 18.4 Å². The third kappa shape index (κ3) is 8.32. The molecule has 2 aromatic carbocycles. The molecule has 2 atom stereocenters. The van der Waals surface area contributed by atoms with E-state index in [0.29, 0.717) is 28.4 Å². The molecule has 204 valence electrons. The lowest BCUT2D eigenvalue weighted by atomic mass is 10.1.